The molecule has 1 aliphatic rings. The van der Waals surface area contributed by atoms with Crippen molar-refractivity contribution in [3.8, 4) is 0 Å². The molecule has 0 aliphatic carbocycles. The molecule has 1 rings (SSSR count). The van der Waals surface area contributed by atoms with Crippen LogP contribution in [0.5, 0.6) is 0 Å². The highest BCUT2D eigenvalue weighted by Gasteiger charge is 2.48. The fourth-order valence-corrected chi connectivity index (χ4v) is 1.66. The molecule has 1 saturated heterocycles. The summed E-state index contributed by atoms with van der Waals surface area (Å²) in [4.78, 5) is 22.7. The fraction of sp³-hybridized carbons (Fsp3) is 0.750. The van der Waals surface area contributed by atoms with E-state index >= 15 is 0 Å². The topological polar surface area (TPSA) is 110 Å². The highest BCUT2D eigenvalue weighted by Crippen LogP contribution is 2.21. The quantitative estimate of drug-likeness (QED) is 0.454. The van der Waals surface area contributed by atoms with Gasteiger partial charge in [0.1, 0.15) is 0 Å². The Morgan fingerprint density at radius 3 is 2.53 bits per heavy atom. The SMILES string of the molecule is CCC(O)(C(=O)O)N1CCNC1C(=O)O. The first-order valence-corrected chi connectivity index (χ1v) is 4.62. The van der Waals surface area contributed by atoms with E-state index in [4.69, 9.17) is 10.2 Å². The molecule has 0 bridgehead atoms. The van der Waals surface area contributed by atoms with Gasteiger partial charge in [-0.3, -0.25) is 5.32 Å². The molecule has 2 unspecified atom stereocenters. The standard InChI is InChI=1S/C8H14N2O5/c1-2-8(15,7(13)14)10-4-3-9-5(10)6(11)12/h5,9,15H,2-4H2,1H3,(H,11,12)(H,13,14). The molecule has 0 aromatic carbocycles. The third-order valence-electron chi connectivity index (χ3n) is 2.55. The molecular weight excluding hydrogens is 204 g/mol. The van der Waals surface area contributed by atoms with Gasteiger partial charge in [0.05, 0.1) is 0 Å². The van der Waals surface area contributed by atoms with Crippen LogP contribution < -0.4 is 5.32 Å². The van der Waals surface area contributed by atoms with E-state index in [2.05, 4.69) is 5.32 Å². The van der Waals surface area contributed by atoms with Crippen LogP contribution in [0.3, 0.4) is 0 Å². The van der Waals surface area contributed by atoms with Crippen molar-refractivity contribution < 1.29 is 24.9 Å². The maximum atomic E-state index is 10.9. The monoisotopic (exact) mass is 218 g/mol. The lowest BCUT2D eigenvalue weighted by Gasteiger charge is -2.34. The smallest absolute Gasteiger partial charge is 0.351 e. The summed E-state index contributed by atoms with van der Waals surface area (Å²) < 4.78 is 0. The van der Waals surface area contributed by atoms with Gasteiger partial charge in [0.2, 0.25) is 5.72 Å². The summed E-state index contributed by atoms with van der Waals surface area (Å²) in [6.07, 6.45) is -1.22. The lowest BCUT2D eigenvalue weighted by atomic mass is 10.1. The van der Waals surface area contributed by atoms with Gasteiger partial charge in [0.25, 0.3) is 0 Å². The van der Waals surface area contributed by atoms with Crippen molar-refractivity contribution >= 4 is 11.9 Å². The number of carboxylic acid groups (broad SMARTS) is 2. The van der Waals surface area contributed by atoms with Gasteiger partial charge in [0.15, 0.2) is 6.17 Å². The number of rotatable bonds is 4. The lowest BCUT2D eigenvalue weighted by Crippen LogP contribution is -2.59. The molecule has 0 radical (unpaired) electrons. The second-order valence-electron chi connectivity index (χ2n) is 3.36. The number of hydrogen-bond donors (Lipinski definition) is 4. The summed E-state index contributed by atoms with van der Waals surface area (Å²) in [7, 11) is 0. The third-order valence-corrected chi connectivity index (χ3v) is 2.55. The predicted octanol–water partition coefficient (Wildman–Crippen LogP) is -1.51. The Morgan fingerprint density at radius 1 is 1.53 bits per heavy atom. The Labute approximate surface area is 86.3 Å². The molecular formula is C8H14N2O5. The van der Waals surface area contributed by atoms with Crippen LogP contribution in [-0.2, 0) is 9.59 Å². The van der Waals surface area contributed by atoms with Gasteiger partial charge in [-0.25, -0.2) is 14.5 Å². The minimum Gasteiger partial charge on any atom is -0.479 e. The van der Waals surface area contributed by atoms with Gasteiger partial charge in [-0.15, -0.1) is 0 Å². The van der Waals surface area contributed by atoms with Crippen LogP contribution in [0.1, 0.15) is 13.3 Å². The molecule has 1 fully saturated rings. The number of hydrogen-bond acceptors (Lipinski definition) is 5. The Kier molecular flexibility index (Phi) is 3.28. The van der Waals surface area contributed by atoms with Crippen LogP contribution in [0.4, 0.5) is 0 Å². The van der Waals surface area contributed by atoms with Gasteiger partial charge >= 0.3 is 11.9 Å². The van der Waals surface area contributed by atoms with E-state index in [1.807, 2.05) is 0 Å². The number of nitrogens with zero attached hydrogens (tertiary/aromatic N) is 1. The van der Waals surface area contributed by atoms with E-state index in [1.54, 1.807) is 0 Å². The molecule has 0 amide bonds. The molecule has 0 saturated carbocycles. The Hall–Kier alpha value is -1.18. The molecule has 1 aliphatic heterocycles. The number of aliphatic hydroxyl groups is 1. The van der Waals surface area contributed by atoms with Crippen molar-refractivity contribution in [2.45, 2.75) is 25.2 Å². The van der Waals surface area contributed by atoms with Crippen molar-refractivity contribution in [1.82, 2.24) is 10.2 Å². The van der Waals surface area contributed by atoms with Gasteiger partial charge in [0, 0.05) is 13.1 Å². The third kappa shape index (κ3) is 1.94. The minimum absolute atomic E-state index is 0.0756. The van der Waals surface area contributed by atoms with Crippen LogP contribution in [0.2, 0.25) is 0 Å². The zero-order valence-corrected chi connectivity index (χ0v) is 8.30. The molecule has 0 spiro atoms. The Balaban J connectivity index is 2.93. The summed E-state index contributed by atoms with van der Waals surface area (Å²) >= 11 is 0. The zero-order valence-electron chi connectivity index (χ0n) is 8.30. The summed E-state index contributed by atoms with van der Waals surface area (Å²) in [6, 6.07) is 0. The highest BCUT2D eigenvalue weighted by atomic mass is 16.4. The molecule has 7 nitrogen and oxygen atoms in total. The maximum Gasteiger partial charge on any atom is 0.351 e. The highest BCUT2D eigenvalue weighted by molar-refractivity contribution is 5.79. The van der Waals surface area contributed by atoms with Crippen molar-refractivity contribution in [3.05, 3.63) is 0 Å². The first kappa shape index (κ1) is 11.9. The molecule has 15 heavy (non-hydrogen) atoms. The average Bonchev–Trinajstić information content (AvgIpc) is 2.64. The summed E-state index contributed by atoms with van der Waals surface area (Å²) in [6.45, 7) is 2.02. The largest absolute Gasteiger partial charge is 0.479 e. The maximum absolute atomic E-state index is 10.9. The normalized spacial score (nSPS) is 26.1. The van der Waals surface area contributed by atoms with Crippen molar-refractivity contribution in [2.24, 2.45) is 0 Å². The minimum atomic E-state index is -2.12. The Bertz CT molecular complexity index is 282. The summed E-state index contributed by atoms with van der Waals surface area (Å²) in [5.74, 6) is -2.62. The summed E-state index contributed by atoms with van der Waals surface area (Å²) in [5, 5.41) is 30.1. The van der Waals surface area contributed by atoms with E-state index in [1.165, 1.54) is 6.92 Å². The molecule has 86 valence electrons. The molecule has 1 heterocycles. The number of carboxylic acids is 2. The molecule has 4 N–H and O–H groups in total. The molecule has 7 heteroatoms. The van der Waals surface area contributed by atoms with E-state index in [-0.39, 0.29) is 13.0 Å². The predicted molar refractivity (Wildman–Crippen MR) is 49.0 cm³/mol. The zero-order chi connectivity index (χ0) is 11.6. The lowest BCUT2D eigenvalue weighted by molar-refractivity contribution is -0.189. The average molecular weight is 218 g/mol. The van der Waals surface area contributed by atoms with Gasteiger partial charge < -0.3 is 15.3 Å². The van der Waals surface area contributed by atoms with Crippen LogP contribution >= 0.6 is 0 Å². The van der Waals surface area contributed by atoms with Crippen LogP contribution in [0.25, 0.3) is 0 Å². The van der Waals surface area contributed by atoms with E-state index in [0.717, 1.165) is 4.90 Å². The fourth-order valence-electron chi connectivity index (χ4n) is 1.66. The van der Waals surface area contributed by atoms with E-state index in [9.17, 15) is 14.7 Å². The van der Waals surface area contributed by atoms with E-state index < -0.39 is 23.8 Å². The van der Waals surface area contributed by atoms with E-state index in [0.29, 0.717) is 6.54 Å². The summed E-state index contributed by atoms with van der Waals surface area (Å²) in [5.41, 5.74) is -2.12. The van der Waals surface area contributed by atoms with Gasteiger partial charge in [-0.05, 0) is 6.42 Å². The van der Waals surface area contributed by atoms with Gasteiger partial charge in [-0.2, -0.15) is 0 Å². The van der Waals surface area contributed by atoms with Crippen molar-refractivity contribution in [2.75, 3.05) is 13.1 Å². The van der Waals surface area contributed by atoms with Crippen molar-refractivity contribution in [3.63, 3.8) is 0 Å². The molecule has 0 aromatic heterocycles. The first-order chi connectivity index (χ1) is 6.93. The van der Waals surface area contributed by atoms with Crippen LogP contribution in [0, 0.1) is 0 Å². The Morgan fingerprint density at radius 2 is 2.13 bits per heavy atom. The van der Waals surface area contributed by atoms with Crippen LogP contribution in [-0.4, -0.2) is 57.1 Å². The number of aliphatic carboxylic acids is 2. The molecule has 0 aromatic rings. The number of nitrogens with one attached hydrogen (secondary N) is 1. The van der Waals surface area contributed by atoms with Crippen molar-refractivity contribution in [1.29, 1.82) is 0 Å². The van der Waals surface area contributed by atoms with Gasteiger partial charge in [-0.1, -0.05) is 6.92 Å². The first-order valence-electron chi connectivity index (χ1n) is 4.62. The second-order valence-corrected chi connectivity index (χ2v) is 3.36. The van der Waals surface area contributed by atoms with Crippen LogP contribution in [0.15, 0.2) is 0 Å². The second kappa shape index (κ2) is 4.13. The number of carbonyl (C=O) groups is 2. The molecule has 2 atom stereocenters.